The van der Waals surface area contributed by atoms with Crippen LogP contribution < -0.4 is 0 Å². The van der Waals surface area contributed by atoms with E-state index < -0.39 is 10.0 Å². The van der Waals surface area contributed by atoms with Crippen molar-refractivity contribution in [3.05, 3.63) is 62.9 Å². The van der Waals surface area contributed by atoms with E-state index in [2.05, 4.69) is 4.90 Å². The van der Waals surface area contributed by atoms with Crippen LogP contribution in [0.4, 0.5) is 4.39 Å². The Kier molecular flexibility index (Phi) is 6.13. The molecule has 1 fully saturated rings. The third-order valence-corrected chi connectivity index (χ3v) is 7.61. The SMILES string of the molecule is Cc1cc(S(=O)(=O)N2CCN(Cc3ccc(F)cc3Cl)CC2)c(C)cc1Cl. The molecule has 1 heterocycles. The van der Waals surface area contributed by atoms with Crippen LogP contribution in [0.3, 0.4) is 0 Å². The Morgan fingerprint density at radius 3 is 2.26 bits per heavy atom. The number of halogens is 3. The molecular weight excluding hydrogens is 410 g/mol. The van der Waals surface area contributed by atoms with Crippen LogP contribution in [0.2, 0.25) is 10.0 Å². The van der Waals surface area contributed by atoms with Crippen LogP contribution in [-0.2, 0) is 16.6 Å². The molecule has 146 valence electrons. The van der Waals surface area contributed by atoms with Gasteiger partial charge in [-0.3, -0.25) is 4.90 Å². The zero-order chi connectivity index (χ0) is 19.8. The maximum atomic E-state index is 13.2. The molecule has 0 unspecified atom stereocenters. The van der Waals surface area contributed by atoms with E-state index in [-0.39, 0.29) is 5.82 Å². The molecule has 0 amide bonds. The van der Waals surface area contributed by atoms with E-state index in [4.69, 9.17) is 23.2 Å². The zero-order valence-corrected chi connectivity index (χ0v) is 17.5. The van der Waals surface area contributed by atoms with Crippen LogP contribution >= 0.6 is 23.2 Å². The molecule has 0 saturated carbocycles. The van der Waals surface area contributed by atoms with Gasteiger partial charge in [-0.2, -0.15) is 4.31 Å². The molecule has 1 aliphatic heterocycles. The van der Waals surface area contributed by atoms with E-state index in [9.17, 15) is 12.8 Å². The topological polar surface area (TPSA) is 40.6 Å². The first-order chi connectivity index (χ1) is 12.7. The quantitative estimate of drug-likeness (QED) is 0.727. The van der Waals surface area contributed by atoms with Crippen LogP contribution in [-0.4, -0.2) is 43.8 Å². The van der Waals surface area contributed by atoms with Gasteiger partial charge in [0.2, 0.25) is 10.0 Å². The molecule has 0 N–H and O–H groups in total. The molecule has 0 bridgehead atoms. The van der Waals surface area contributed by atoms with Gasteiger partial charge in [0.1, 0.15) is 5.82 Å². The van der Waals surface area contributed by atoms with Crippen molar-refractivity contribution in [2.24, 2.45) is 0 Å². The van der Waals surface area contributed by atoms with E-state index in [0.717, 1.165) is 11.1 Å². The fourth-order valence-corrected chi connectivity index (χ4v) is 5.35. The van der Waals surface area contributed by atoms with Crippen molar-refractivity contribution >= 4 is 33.2 Å². The molecule has 1 aliphatic rings. The summed E-state index contributed by atoms with van der Waals surface area (Å²) in [5.41, 5.74) is 2.22. The molecule has 27 heavy (non-hydrogen) atoms. The lowest BCUT2D eigenvalue weighted by Gasteiger charge is -2.34. The Labute approximate surface area is 169 Å². The number of piperazine rings is 1. The Hall–Kier alpha value is -1.18. The van der Waals surface area contributed by atoms with Gasteiger partial charge in [0.05, 0.1) is 4.90 Å². The first-order valence-corrected chi connectivity index (χ1v) is 10.8. The fourth-order valence-electron chi connectivity index (χ4n) is 3.19. The van der Waals surface area contributed by atoms with Gasteiger partial charge in [0.25, 0.3) is 0 Å². The van der Waals surface area contributed by atoms with E-state index in [1.165, 1.54) is 16.4 Å². The van der Waals surface area contributed by atoms with Gasteiger partial charge in [-0.05, 0) is 54.8 Å². The second kappa shape index (κ2) is 8.05. The third kappa shape index (κ3) is 4.46. The zero-order valence-electron chi connectivity index (χ0n) is 15.2. The highest BCUT2D eigenvalue weighted by atomic mass is 35.5. The van der Waals surface area contributed by atoms with Crippen LogP contribution in [0.25, 0.3) is 0 Å². The molecule has 0 aromatic heterocycles. The summed E-state index contributed by atoms with van der Waals surface area (Å²) >= 11 is 12.2. The van der Waals surface area contributed by atoms with Crippen molar-refractivity contribution < 1.29 is 12.8 Å². The first kappa shape index (κ1) is 20.6. The maximum absolute atomic E-state index is 13.2. The van der Waals surface area contributed by atoms with Gasteiger partial charge >= 0.3 is 0 Å². The minimum Gasteiger partial charge on any atom is -0.296 e. The number of hydrogen-bond donors (Lipinski definition) is 0. The van der Waals surface area contributed by atoms with Crippen molar-refractivity contribution in [3.63, 3.8) is 0 Å². The van der Waals surface area contributed by atoms with Crippen LogP contribution in [0.1, 0.15) is 16.7 Å². The number of aryl methyl sites for hydroxylation is 2. The second-order valence-corrected chi connectivity index (χ2v) is 9.50. The molecule has 2 aromatic carbocycles. The highest BCUT2D eigenvalue weighted by Crippen LogP contribution is 2.27. The van der Waals surface area contributed by atoms with Gasteiger partial charge < -0.3 is 0 Å². The average Bonchev–Trinajstić information content (AvgIpc) is 2.61. The van der Waals surface area contributed by atoms with Crippen molar-refractivity contribution in [1.82, 2.24) is 9.21 Å². The highest BCUT2D eigenvalue weighted by Gasteiger charge is 2.30. The van der Waals surface area contributed by atoms with E-state index in [1.807, 2.05) is 0 Å². The number of hydrogen-bond acceptors (Lipinski definition) is 3. The Morgan fingerprint density at radius 2 is 1.63 bits per heavy atom. The van der Waals surface area contributed by atoms with Gasteiger partial charge in [-0.15, -0.1) is 0 Å². The summed E-state index contributed by atoms with van der Waals surface area (Å²) in [6.45, 7) is 6.06. The lowest BCUT2D eigenvalue weighted by Crippen LogP contribution is -2.48. The smallest absolute Gasteiger partial charge is 0.243 e. The predicted molar refractivity (Wildman–Crippen MR) is 106 cm³/mol. The largest absolute Gasteiger partial charge is 0.296 e. The molecule has 0 spiro atoms. The minimum absolute atomic E-state index is 0.305. The summed E-state index contributed by atoms with van der Waals surface area (Å²) in [5, 5.41) is 0.949. The number of rotatable bonds is 4. The monoisotopic (exact) mass is 430 g/mol. The molecule has 1 saturated heterocycles. The van der Waals surface area contributed by atoms with Gasteiger partial charge in [-0.25, -0.2) is 12.8 Å². The molecular formula is C19H21Cl2FN2O2S. The number of benzene rings is 2. The summed E-state index contributed by atoms with van der Waals surface area (Å²) in [5.74, 6) is -0.367. The fraction of sp³-hybridized carbons (Fsp3) is 0.368. The molecule has 4 nitrogen and oxygen atoms in total. The maximum Gasteiger partial charge on any atom is 0.243 e. The van der Waals surface area contributed by atoms with E-state index in [1.54, 1.807) is 32.0 Å². The van der Waals surface area contributed by atoms with Crippen LogP contribution in [0.5, 0.6) is 0 Å². The van der Waals surface area contributed by atoms with Crippen LogP contribution in [0.15, 0.2) is 35.2 Å². The van der Waals surface area contributed by atoms with Gasteiger partial charge in [-0.1, -0.05) is 29.3 Å². The van der Waals surface area contributed by atoms with Crippen molar-refractivity contribution in [3.8, 4) is 0 Å². The van der Waals surface area contributed by atoms with Gasteiger partial charge in [0, 0.05) is 42.8 Å². The Bertz CT molecular complexity index is 958. The van der Waals surface area contributed by atoms with Crippen molar-refractivity contribution in [1.29, 1.82) is 0 Å². The van der Waals surface area contributed by atoms with E-state index in [0.29, 0.717) is 53.2 Å². The highest BCUT2D eigenvalue weighted by molar-refractivity contribution is 7.89. The molecule has 8 heteroatoms. The lowest BCUT2D eigenvalue weighted by atomic mass is 10.2. The van der Waals surface area contributed by atoms with Crippen LogP contribution in [0, 0.1) is 19.7 Å². The van der Waals surface area contributed by atoms with E-state index >= 15 is 0 Å². The first-order valence-electron chi connectivity index (χ1n) is 8.61. The summed E-state index contributed by atoms with van der Waals surface area (Å²) in [6.07, 6.45) is 0. The number of sulfonamides is 1. The Morgan fingerprint density at radius 1 is 0.963 bits per heavy atom. The lowest BCUT2D eigenvalue weighted by molar-refractivity contribution is 0.181. The van der Waals surface area contributed by atoms with Crippen molar-refractivity contribution in [2.45, 2.75) is 25.3 Å². The molecule has 0 radical (unpaired) electrons. The molecule has 0 aliphatic carbocycles. The third-order valence-electron chi connectivity index (χ3n) is 4.81. The summed E-state index contributed by atoms with van der Waals surface area (Å²) < 4.78 is 40.7. The van der Waals surface area contributed by atoms with Crippen molar-refractivity contribution in [2.75, 3.05) is 26.2 Å². The minimum atomic E-state index is -3.57. The predicted octanol–water partition coefficient (Wildman–Crippen LogP) is 4.26. The standard InChI is InChI=1S/C19H21Cl2FN2O2S/c1-13-10-19(14(2)9-17(13)20)27(25,26)24-7-5-23(6-8-24)12-15-3-4-16(22)11-18(15)21/h3-4,9-11H,5-8,12H2,1-2H3. The normalized spacial score (nSPS) is 16.6. The number of nitrogens with zero attached hydrogens (tertiary/aromatic N) is 2. The summed E-state index contributed by atoms with van der Waals surface area (Å²) in [6, 6.07) is 7.67. The molecule has 2 aromatic rings. The molecule has 3 rings (SSSR count). The van der Waals surface area contributed by atoms with Gasteiger partial charge in [0.15, 0.2) is 0 Å². The summed E-state index contributed by atoms with van der Waals surface area (Å²) in [7, 11) is -3.57. The Balaban J connectivity index is 1.70. The summed E-state index contributed by atoms with van der Waals surface area (Å²) in [4.78, 5) is 2.42. The second-order valence-electron chi connectivity index (χ2n) is 6.78. The average molecular weight is 431 g/mol. The molecule has 0 atom stereocenters.